The van der Waals surface area contributed by atoms with Crippen molar-refractivity contribution in [1.82, 2.24) is 5.32 Å². The smallest absolute Gasteiger partial charge is 0.319 e. The summed E-state index contributed by atoms with van der Waals surface area (Å²) in [5.74, 6) is -0.939. The van der Waals surface area contributed by atoms with E-state index in [-0.39, 0.29) is 12.2 Å². The number of aliphatic hydroxyl groups excluding tert-OH is 1. The molecule has 0 aromatic heterocycles. The SMILES string of the molecule is Cc1ccc(NC(=O)NC[C@H](O)c2ccc(F)cc2)c(F)c1. The predicted molar refractivity (Wildman–Crippen MR) is 79.5 cm³/mol. The quantitative estimate of drug-likeness (QED) is 0.812. The van der Waals surface area contributed by atoms with Gasteiger partial charge in [-0.05, 0) is 42.3 Å². The number of nitrogens with one attached hydrogen (secondary N) is 2. The number of benzene rings is 2. The van der Waals surface area contributed by atoms with Gasteiger partial charge in [-0.15, -0.1) is 0 Å². The number of carbonyl (C=O) groups excluding carboxylic acids is 1. The average Bonchev–Trinajstić information content (AvgIpc) is 2.48. The highest BCUT2D eigenvalue weighted by molar-refractivity contribution is 5.89. The molecule has 0 saturated carbocycles. The van der Waals surface area contributed by atoms with E-state index in [0.29, 0.717) is 5.56 Å². The summed E-state index contributed by atoms with van der Waals surface area (Å²) in [6, 6.07) is 9.11. The highest BCUT2D eigenvalue weighted by Crippen LogP contribution is 2.15. The van der Waals surface area contributed by atoms with Crippen LogP contribution in [0.25, 0.3) is 0 Å². The van der Waals surface area contributed by atoms with Crippen LogP contribution >= 0.6 is 0 Å². The molecule has 0 saturated heterocycles. The van der Waals surface area contributed by atoms with Crippen LogP contribution in [0.3, 0.4) is 0 Å². The van der Waals surface area contributed by atoms with E-state index in [9.17, 15) is 18.7 Å². The van der Waals surface area contributed by atoms with Crippen molar-refractivity contribution in [3.8, 4) is 0 Å². The van der Waals surface area contributed by atoms with Gasteiger partial charge in [0.25, 0.3) is 0 Å². The molecule has 3 N–H and O–H groups in total. The number of aryl methyl sites for hydroxylation is 1. The van der Waals surface area contributed by atoms with Crippen LogP contribution in [-0.2, 0) is 0 Å². The zero-order chi connectivity index (χ0) is 16.1. The van der Waals surface area contributed by atoms with Crippen LogP contribution < -0.4 is 10.6 Å². The van der Waals surface area contributed by atoms with E-state index in [1.54, 1.807) is 13.0 Å². The molecule has 0 aliphatic carbocycles. The first-order valence-corrected chi connectivity index (χ1v) is 6.70. The summed E-state index contributed by atoms with van der Waals surface area (Å²) in [7, 11) is 0. The van der Waals surface area contributed by atoms with E-state index in [1.807, 2.05) is 0 Å². The Morgan fingerprint density at radius 1 is 1.18 bits per heavy atom. The van der Waals surface area contributed by atoms with Gasteiger partial charge in [-0.1, -0.05) is 18.2 Å². The molecule has 0 fully saturated rings. The third-order valence-corrected chi connectivity index (χ3v) is 3.08. The zero-order valence-electron chi connectivity index (χ0n) is 11.9. The highest BCUT2D eigenvalue weighted by atomic mass is 19.1. The van der Waals surface area contributed by atoms with E-state index in [2.05, 4.69) is 10.6 Å². The molecule has 0 heterocycles. The maximum atomic E-state index is 13.6. The van der Waals surface area contributed by atoms with Gasteiger partial charge in [0, 0.05) is 6.54 Å². The molecular formula is C16H16F2N2O2. The van der Waals surface area contributed by atoms with E-state index in [1.165, 1.54) is 36.4 Å². The van der Waals surface area contributed by atoms with Crippen molar-refractivity contribution in [3.05, 3.63) is 65.2 Å². The summed E-state index contributed by atoms with van der Waals surface area (Å²) in [5.41, 5.74) is 1.28. The van der Waals surface area contributed by atoms with Crippen molar-refractivity contribution in [2.45, 2.75) is 13.0 Å². The number of rotatable bonds is 4. The molecule has 116 valence electrons. The third kappa shape index (κ3) is 4.26. The molecule has 0 unspecified atom stereocenters. The van der Waals surface area contributed by atoms with Gasteiger partial charge in [-0.25, -0.2) is 13.6 Å². The van der Waals surface area contributed by atoms with Crippen LogP contribution in [0.15, 0.2) is 42.5 Å². The lowest BCUT2D eigenvalue weighted by molar-refractivity contribution is 0.175. The van der Waals surface area contributed by atoms with Gasteiger partial charge >= 0.3 is 6.03 Å². The molecule has 0 radical (unpaired) electrons. The minimum atomic E-state index is -0.978. The van der Waals surface area contributed by atoms with Crippen LogP contribution in [0.4, 0.5) is 19.3 Å². The summed E-state index contributed by atoms with van der Waals surface area (Å²) < 4.78 is 26.4. The van der Waals surface area contributed by atoms with Crippen molar-refractivity contribution in [3.63, 3.8) is 0 Å². The van der Waals surface area contributed by atoms with Gasteiger partial charge in [0.15, 0.2) is 0 Å². The van der Waals surface area contributed by atoms with Crippen LogP contribution in [0, 0.1) is 18.6 Å². The second-order valence-corrected chi connectivity index (χ2v) is 4.89. The van der Waals surface area contributed by atoms with Gasteiger partial charge in [0.1, 0.15) is 11.6 Å². The fourth-order valence-corrected chi connectivity index (χ4v) is 1.88. The number of aliphatic hydroxyl groups is 1. The van der Waals surface area contributed by atoms with Crippen molar-refractivity contribution in [2.24, 2.45) is 0 Å². The maximum absolute atomic E-state index is 13.6. The second kappa shape index (κ2) is 7.00. The minimum Gasteiger partial charge on any atom is -0.387 e. The Hall–Kier alpha value is -2.47. The second-order valence-electron chi connectivity index (χ2n) is 4.89. The summed E-state index contributed by atoms with van der Waals surface area (Å²) >= 11 is 0. The molecule has 2 amide bonds. The topological polar surface area (TPSA) is 61.4 Å². The molecule has 0 bridgehead atoms. The van der Waals surface area contributed by atoms with E-state index in [0.717, 1.165) is 5.56 Å². The Bertz CT molecular complexity index is 660. The normalized spacial score (nSPS) is 11.8. The molecule has 2 rings (SSSR count). The Morgan fingerprint density at radius 3 is 2.50 bits per heavy atom. The lowest BCUT2D eigenvalue weighted by atomic mass is 10.1. The Balaban J connectivity index is 1.88. The molecule has 6 heteroatoms. The lowest BCUT2D eigenvalue weighted by Crippen LogP contribution is -2.32. The van der Waals surface area contributed by atoms with Crippen LogP contribution in [0.5, 0.6) is 0 Å². The summed E-state index contributed by atoms with van der Waals surface area (Å²) in [6.45, 7) is 1.66. The highest BCUT2D eigenvalue weighted by Gasteiger charge is 2.11. The van der Waals surface area contributed by atoms with Gasteiger partial charge in [0.2, 0.25) is 0 Å². The van der Waals surface area contributed by atoms with Crippen LogP contribution in [0.2, 0.25) is 0 Å². The number of amides is 2. The summed E-state index contributed by atoms with van der Waals surface area (Å²) in [6.07, 6.45) is -0.978. The number of halogens is 2. The first-order valence-electron chi connectivity index (χ1n) is 6.70. The monoisotopic (exact) mass is 306 g/mol. The van der Waals surface area contributed by atoms with E-state index >= 15 is 0 Å². The number of carbonyl (C=O) groups is 1. The fraction of sp³-hybridized carbons (Fsp3) is 0.188. The largest absolute Gasteiger partial charge is 0.387 e. The molecule has 22 heavy (non-hydrogen) atoms. The minimum absolute atomic E-state index is 0.0550. The van der Waals surface area contributed by atoms with Gasteiger partial charge in [-0.2, -0.15) is 0 Å². The van der Waals surface area contributed by atoms with Crippen LogP contribution in [0.1, 0.15) is 17.2 Å². The van der Waals surface area contributed by atoms with Crippen molar-refractivity contribution >= 4 is 11.7 Å². The lowest BCUT2D eigenvalue weighted by Gasteiger charge is -2.13. The van der Waals surface area contributed by atoms with E-state index in [4.69, 9.17) is 0 Å². The maximum Gasteiger partial charge on any atom is 0.319 e. The van der Waals surface area contributed by atoms with Gasteiger partial charge < -0.3 is 15.7 Å². The Labute approximate surface area is 126 Å². The molecule has 2 aromatic rings. The third-order valence-electron chi connectivity index (χ3n) is 3.08. The van der Waals surface area contributed by atoms with Crippen LogP contribution in [-0.4, -0.2) is 17.7 Å². The van der Waals surface area contributed by atoms with Crippen molar-refractivity contribution in [1.29, 1.82) is 0 Å². The molecule has 0 spiro atoms. The average molecular weight is 306 g/mol. The number of urea groups is 1. The molecule has 4 nitrogen and oxygen atoms in total. The Morgan fingerprint density at radius 2 is 1.86 bits per heavy atom. The van der Waals surface area contributed by atoms with Gasteiger partial charge in [-0.3, -0.25) is 0 Å². The number of anilines is 1. The summed E-state index contributed by atoms with van der Waals surface area (Å²) in [4.78, 5) is 11.7. The number of hydrogen-bond acceptors (Lipinski definition) is 2. The first kappa shape index (κ1) is 15.9. The molecule has 2 aromatic carbocycles. The van der Waals surface area contributed by atoms with Crippen molar-refractivity contribution in [2.75, 3.05) is 11.9 Å². The number of hydrogen-bond donors (Lipinski definition) is 3. The van der Waals surface area contributed by atoms with Gasteiger partial charge in [0.05, 0.1) is 11.8 Å². The fourth-order valence-electron chi connectivity index (χ4n) is 1.88. The van der Waals surface area contributed by atoms with Crippen molar-refractivity contribution < 1.29 is 18.7 Å². The summed E-state index contributed by atoms with van der Waals surface area (Å²) in [5, 5.41) is 14.7. The molecule has 0 aliphatic rings. The first-order chi connectivity index (χ1) is 10.5. The standard InChI is InChI=1S/C16H16F2N2O2/c1-10-2-7-14(13(18)8-10)20-16(22)19-9-15(21)11-3-5-12(17)6-4-11/h2-8,15,21H,9H2,1H3,(H2,19,20,22)/t15-/m0/s1. The molecular weight excluding hydrogens is 290 g/mol. The van der Waals surface area contributed by atoms with E-state index < -0.39 is 23.8 Å². The predicted octanol–water partition coefficient (Wildman–Crippen LogP) is 3.13. The zero-order valence-corrected chi connectivity index (χ0v) is 11.9. The molecule has 1 atom stereocenters. The molecule has 0 aliphatic heterocycles. The Kier molecular flexibility index (Phi) is 5.06.